The van der Waals surface area contributed by atoms with E-state index in [0.717, 1.165) is 11.5 Å². The van der Waals surface area contributed by atoms with E-state index in [4.69, 9.17) is 5.73 Å². The van der Waals surface area contributed by atoms with Crippen molar-refractivity contribution in [2.24, 2.45) is 5.73 Å². The Morgan fingerprint density at radius 3 is 2.54 bits per heavy atom. The minimum Gasteiger partial charge on any atom is -0.356 e. The van der Waals surface area contributed by atoms with E-state index in [1.165, 1.54) is 16.6 Å². The van der Waals surface area contributed by atoms with E-state index in [-0.39, 0.29) is 16.5 Å². The highest BCUT2D eigenvalue weighted by Crippen LogP contribution is 2.21. The van der Waals surface area contributed by atoms with Crippen LogP contribution in [0, 0.1) is 0 Å². The Hall–Kier alpha value is -1.03. The van der Waals surface area contributed by atoms with Gasteiger partial charge in [-0.3, -0.25) is 4.79 Å². The Kier molecular flexibility index (Phi) is 6.35. The molecule has 24 heavy (non-hydrogen) atoms. The Labute approximate surface area is 147 Å². The molecule has 7 nitrogen and oxygen atoms in total. The number of aromatic amines is 1. The van der Waals surface area contributed by atoms with Gasteiger partial charge in [-0.1, -0.05) is 13.8 Å². The van der Waals surface area contributed by atoms with Gasteiger partial charge in [0, 0.05) is 37.3 Å². The lowest BCUT2D eigenvalue weighted by Gasteiger charge is -2.31. The molecule has 4 N–H and O–H groups in total. The number of nitrogens with two attached hydrogens (primary N) is 1. The zero-order chi connectivity index (χ0) is 17.8. The van der Waals surface area contributed by atoms with E-state index < -0.39 is 15.6 Å². The first-order valence-corrected chi connectivity index (χ1v) is 10.8. The molecule has 1 aliphatic heterocycles. The highest BCUT2D eigenvalue weighted by Gasteiger charge is 2.30. The van der Waals surface area contributed by atoms with Crippen molar-refractivity contribution in [3.63, 3.8) is 0 Å². The van der Waals surface area contributed by atoms with E-state index in [9.17, 15) is 13.2 Å². The van der Waals surface area contributed by atoms with Crippen LogP contribution in [0.5, 0.6) is 0 Å². The summed E-state index contributed by atoms with van der Waals surface area (Å²) in [5, 5.41) is 2.93. The summed E-state index contributed by atoms with van der Waals surface area (Å²) >= 11 is 1.74. The fraction of sp³-hybridized carbons (Fsp3) is 0.667. The summed E-state index contributed by atoms with van der Waals surface area (Å²) in [5.41, 5.74) is 5.57. The predicted octanol–water partition coefficient (Wildman–Crippen LogP) is 1.000. The summed E-state index contributed by atoms with van der Waals surface area (Å²) in [4.78, 5) is 15.4. The lowest BCUT2D eigenvalue weighted by molar-refractivity contribution is 0.0890. The lowest BCUT2D eigenvalue weighted by Crippen LogP contribution is -2.52. The van der Waals surface area contributed by atoms with Crippen LogP contribution in [0.4, 0.5) is 0 Å². The quantitative estimate of drug-likeness (QED) is 0.660. The first-order chi connectivity index (χ1) is 11.4. The molecule has 2 rings (SSSR count). The van der Waals surface area contributed by atoms with E-state index in [2.05, 4.69) is 10.3 Å². The van der Waals surface area contributed by atoms with Crippen molar-refractivity contribution in [1.82, 2.24) is 14.6 Å². The summed E-state index contributed by atoms with van der Waals surface area (Å²) in [6.45, 7) is 5.28. The summed E-state index contributed by atoms with van der Waals surface area (Å²) in [6.07, 6.45) is 2.81. The molecule has 1 aromatic heterocycles. The predicted molar refractivity (Wildman–Crippen MR) is 96.7 cm³/mol. The van der Waals surface area contributed by atoms with Crippen molar-refractivity contribution in [3.8, 4) is 0 Å². The fourth-order valence-corrected chi connectivity index (χ4v) is 5.24. The van der Waals surface area contributed by atoms with Crippen LogP contribution in [0.25, 0.3) is 0 Å². The van der Waals surface area contributed by atoms with Crippen molar-refractivity contribution < 1.29 is 13.2 Å². The van der Waals surface area contributed by atoms with Gasteiger partial charge in [0.05, 0.1) is 5.54 Å². The zero-order valence-corrected chi connectivity index (χ0v) is 15.8. The SMILES string of the molecule is CCC(CC)(CN)NC(=O)c1cc(S(=O)(=O)N2CCSCC2)c[nH]1. The molecular weight excluding hydrogens is 348 g/mol. The molecule has 0 unspecified atom stereocenters. The number of hydrogen-bond donors (Lipinski definition) is 3. The van der Waals surface area contributed by atoms with Crippen molar-refractivity contribution >= 4 is 27.7 Å². The van der Waals surface area contributed by atoms with Crippen LogP contribution in [0.1, 0.15) is 37.2 Å². The monoisotopic (exact) mass is 374 g/mol. The molecular formula is C15H26N4O3S2. The molecule has 0 spiro atoms. The second-order valence-electron chi connectivity index (χ2n) is 5.91. The molecule has 2 heterocycles. The van der Waals surface area contributed by atoms with Crippen LogP contribution >= 0.6 is 11.8 Å². The molecule has 0 bridgehead atoms. The number of carbonyl (C=O) groups is 1. The number of sulfonamides is 1. The van der Waals surface area contributed by atoms with Gasteiger partial charge in [0.1, 0.15) is 10.6 Å². The summed E-state index contributed by atoms with van der Waals surface area (Å²) < 4.78 is 26.7. The molecule has 9 heteroatoms. The molecule has 136 valence electrons. The molecule has 1 aromatic rings. The molecule has 0 atom stereocenters. The number of hydrogen-bond acceptors (Lipinski definition) is 5. The maximum Gasteiger partial charge on any atom is 0.268 e. The maximum atomic E-state index is 12.6. The molecule has 1 fully saturated rings. The lowest BCUT2D eigenvalue weighted by atomic mass is 9.93. The van der Waals surface area contributed by atoms with E-state index in [1.807, 2.05) is 13.8 Å². The van der Waals surface area contributed by atoms with Crippen LogP contribution in [0.15, 0.2) is 17.2 Å². The summed E-state index contributed by atoms with van der Waals surface area (Å²) in [5.74, 6) is 1.26. The average Bonchev–Trinajstić information content (AvgIpc) is 3.11. The number of rotatable bonds is 7. The first-order valence-electron chi connectivity index (χ1n) is 8.17. The van der Waals surface area contributed by atoms with Crippen molar-refractivity contribution in [1.29, 1.82) is 0 Å². The van der Waals surface area contributed by atoms with Gasteiger partial charge in [0.2, 0.25) is 10.0 Å². The number of aromatic nitrogens is 1. The molecule has 1 saturated heterocycles. The van der Waals surface area contributed by atoms with Gasteiger partial charge in [-0.2, -0.15) is 16.1 Å². The largest absolute Gasteiger partial charge is 0.356 e. The van der Waals surface area contributed by atoms with E-state index in [1.54, 1.807) is 11.8 Å². The molecule has 0 radical (unpaired) electrons. The summed E-state index contributed by atoms with van der Waals surface area (Å²) in [7, 11) is -3.55. The standard InChI is InChI=1S/C15H26N4O3S2/c1-3-15(4-2,11-16)18-14(20)13-9-12(10-17-13)24(21,22)19-5-7-23-8-6-19/h9-10,17H,3-8,11,16H2,1-2H3,(H,18,20). The van der Waals surface area contributed by atoms with Crippen molar-refractivity contribution in [2.75, 3.05) is 31.1 Å². The Morgan fingerprint density at radius 1 is 1.38 bits per heavy atom. The van der Waals surface area contributed by atoms with Crippen LogP contribution in [-0.4, -0.2) is 60.3 Å². The number of nitrogens with one attached hydrogen (secondary N) is 2. The number of amides is 1. The first kappa shape index (κ1) is 19.3. The third-order valence-corrected chi connectivity index (χ3v) is 7.45. The Bertz CT molecular complexity index is 654. The maximum absolute atomic E-state index is 12.6. The molecule has 1 amide bonds. The van der Waals surface area contributed by atoms with E-state index in [0.29, 0.717) is 32.5 Å². The molecule has 0 saturated carbocycles. The van der Waals surface area contributed by atoms with Crippen LogP contribution in [0.3, 0.4) is 0 Å². The third kappa shape index (κ3) is 3.96. The van der Waals surface area contributed by atoms with E-state index >= 15 is 0 Å². The Balaban J connectivity index is 2.16. The highest BCUT2D eigenvalue weighted by molar-refractivity contribution is 7.99. The van der Waals surface area contributed by atoms with Crippen molar-refractivity contribution in [2.45, 2.75) is 37.1 Å². The summed E-state index contributed by atoms with van der Waals surface area (Å²) in [6, 6.07) is 1.40. The van der Waals surface area contributed by atoms with Crippen LogP contribution in [0.2, 0.25) is 0 Å². The molecule has 0 aromatic carbocycles. The normalized spacial score (nSPS) is 17.0. The van der Waals surface area contributed by atoms with Gasteiger partial charge in [-0.15, -0.1) is 0 Å². The van der Waals surface area contributed by atoms with Crippen LogP contribution in [-0.2, 0) is 10.0 Å². The number of H-pyrrole nitrogens is 1. The van der Waals surface area contributed by atoms with Gasteiger partial charge < -0.3 is 16.0 Å². The fourth-order valence-electron chi connectivity index (χ4n) is 2.67. The number of thioether (sulfide) groups is 1. The van der Waals surface area contributed by atoms with Crippen LogP contribution < -0.4 is 11.1 Å². The number of carbonyl (C=O) groups excluding carboxylic acids is 1. The highest BCUT2D eigenvalue weighted by atomic mass is 32.2. The van der Waals surface area contributed by atoms with Gasteiger partial charge >= 0.3 is 0 Å². The number of nitrogens with zero attached hydrogens (tertiary/aromatic N) is 1. The Morgan fingerprint density at radius 2 is 2.00 bits per heavy atom. The smallest absolute Gasteiger partial charge is 0.268 e. The second kappa shape index (κ2) is 7.90. The van der Waals surface area contributed by atoms with Crippen molar-refractivity contribution in [3.05, 3.63) is 18.0 Å². The van der Waals surface area contributed by atoms with Gasteiger partial charge in [0.15, 0.2) is 0 Å². The minimum absolute atomic E-state index is 0.130. The molecule has 0 aliphatic carbocycles. The second-order valence-corrected chi connectivity index (χ2v) is 9.07. The minimum atomic E-state index is -3.55. The third-order valence-electron chi connectivity index (χ3n) is 4.63. The average molecular weight is 375 g/mol. The van der Waals surface area contributed by atoms with Gasteiger partial charge in [-0.25, -0.2) is 8.42 Å². The van der Waals surface area contributed by atoms with Gasteiger partial charge in [-0.05, 0) is 18.9 Å². The topological polar surface area (TPSA) is 108 Å². The van der Waals surface area contributed by atoms with Gasteiger partial charge in [0.25, 0.3) is 5.91 Å². The zero-order valence-electron chi connectivity index (χ0n) is 14.2. The molecule has 1 aliphatic rings.